The molecular weight excluding hydrogens is 364 g/mol. The zero-order chi connectivity index (χ0) is 20.4. The summed E-state index contributed by atoms with van der Waals surface area (Å²) in [4.78, 5) is 15.1. The molecule has 1 unspecified atom stereocenters. The number of pyridine rings is 1. The van der Waals surface area contributed by atoms with Gasteiger partial charge in [0.05, 0.1) is 12.9 Å². The molecule has 0 aliphatic rings. The Hall–Kier alpha value is -2.12. The molecule has 2 rings (SSSR count). The zero-order valence-electron chi connectivity index (χ0n) is 16.7. The number of H-pyrrole nitrogens is 1. The van der Waals surface area contributed by atoms with Crippen LogP contribution in [0.4, 0.5) is 0 Å². The third kappa shape index (κ3) is 4.78. The molecule has 0 aliphatic heterocycles. The Labute approximate surface area is 161 Å². The van der Waals surface area contributed by atoms with Crippen LogP contribution < -0.4 is 15.0 Å². The van der Waals surface area contributed by atoms with E-state index in [0.29, 0.717) is 22.4 Å². The summed E-state index contributed by atoms with van der Waals surface area (Å²) in [5.74, 6) is 0.645. The van der Waals surface area contributed by atoms with Gasteiger partial charge in [-0.1, -0.05) is 20.8 Å². The Morgan fingerprint density at radius 2 is 1.89 bits per heavy atom. The number of hydrogen-bond acceptors (Lipinski definition) is 4. The van der Waals surface area contributed by atoms with Crippen LogP contribution in [0.15, 0.2) is 35.3 Å². The van der Waals surface area contributed by atoms with Gasteiger partial charge in [-0.2, -0.15) is 0 Å². The third-order valence-corrected chi connectivity index (χ3v) is 5.96. The van der Waals surface area contributed by atoms with E-state index in [4.69, 9.17) is 4.74 Å². The first-order chi connectivity index (χ1) is 12.5. The lowest BCUT2D eigenvalue weighted by molar-refractivity contribution is 0.396. The minimum Gasteiger partial charge on any atom is -0.496 e. The Kier molecular flexibility index (Phi) is 6.17. The highest BCUT2D eigenvalue weighted by Gasteiger charge is 2.25. The first kappa shape index (κ1) is 21.2. The number of methoxy groups -OCH3 is 1. The minimum atomic E-state index is -3.41. The smallest absolute Gasteiger partial charge is 0.255 e. The molecule has 0 fully saturated rings. The van der Waals surface area contributed by atoms with E-state index in [2.05, 4.69) is 30.5 Å². The zero-order valence-corrected chi connectivity index (χ0v) is 17.5. The molecular formula is C20H28N2O4S. The van der Waals surface area contributed by atoms with E-state index in [0.717, 1.165) is 5.56 Å². The molecule has 0 saturated heterocycles. The molecule has 1 aromatic carbocycles. The van der Waals surface area contributed by atoms with Crippen LogP contribution >= 0.6 is 0 Å². The second-order valence-corrected chi connectivity index (χ2v) is 9.59. The van der Waals surface area contributed by atoms with Crippen LogP contribution in [0.3, 0.4) is 0 Å². The molecule has 0 radical (unpaired) electrons. The Morgan fingerprint density at radius 3 is 2.41 bits per heavy atom. The molecule has 1 heterocycles. The standard InChI is InChI=1S/C20H28N2O4S/c1-7-27(24,25)22-13(2)15-12-18(26-6)17(20(3,4)5)11-16(15)14-9-8-10-21-19(14)23/h8-13,22H,7H2,1-6H3,(H,21,23). The molecule has 1 atom stereocenters. The number of aromatic nitrogens is 1. The summed E-state index contributed by atoms with van der Waals surface area (Å²) in [5, 5.41) is 0. The maximum Gasteiger partial charge on any atom is 0.255 e. The number of hydrogen-bond donors (Lipinski definition) is 2. The number of nitrogens with one attached hydrogen (secondary N) is 2. The number of rotatable bonds is 6. The molecule has 1 aromatic heterocycles. The largest absolute Gasteiger partial charge is 0.496 e. The van der Waals surface area contributed by atoms with Crippen LogP contribution in [0.1, 0.15) is 51.8 Å². The van der Waals surface area contributed by atoms with Crippen molar-refractivity contribution in [3.63, 3.8) is 0 Å². The lowest BCUT2D eigenvalue weighted by atomic mass is 9.82. The van der Waals surface area contributed by atoms with E-state index in [9.17, 15) is 13.2 Å². The van der Waals surface area contributed by atoms with Crippen molar-refractivity contribution in [1.82, 2.24) is 9.71 Å². The number of benzene rings is 1. The normalized spacial score (nSPS) is 13.4. The average molecular weight is 393 g/mol. The number of sulfonamides is 1. The highest BCUT2D eigenvalue weighted by molar-refractivity contribution is 7.89. The predicted molar refractivity (Wildman–Crippen MR) is 109 cm³/mol. The first-order valence-corrected chi connectivity index (χ1v) is 10.6. The highest BCUT2D eigenvalue weighted by Crippen LogP contribution is 2.38. The lowest BCUT2D eigenvalue weighted by Gasteiger charge is -2.26. The summed E-state index contributed by atoms with van der Waals surface area (Å²) in [6.07, 6.45) is 1.57. The molecule has 0 amide bonds. The fraction of sp³-hybridized carbons (Fsp3) is 0.450. The van der Waals surface area contributed by atoms with Gasteiger partial charge in [0.2, 0.25) is 10.0 Å². The van der Waals surface area contributed by atoms with Crippen LogP contribution in [0.25, 0.3) is 11.1 Å². The van der Waals surface area contributed by atoms with Crippen molar-refractivity contribution in [2.24, 2.45) is 0 Å². The monoisotopic (exact) mass is 392 g/mol. The van der Waals surface area contributed by atoms with Crippen LogP contribution in [-0.2, 0) is 15.4 Å². The molecule has 27 heavy (non-hydrogen) atoms. The lowest BCUT2D eigenvalue weighted by Crippen LogP contribution is -2.29. The van der Waals surface area contributed by atoms with Crippen molar-refractivity contribution in [2.75, 3.05) is 12.9 Å². The molecule has 0 saturated carbocycles. The summed E-state index contributed by atoms with van der Waals surface area (Å²) in [5.41, 5.74) is 2.37. The minimum absolute atomic E-state index is 0.0181. The van der Waals surface area contributed by atoms with E-state index >= 15 is 0 Å². The molecule has 0 bridgehead atoms. The van der Waals surface area contributed by atoms with Crippen LogP contribution in [-0.4, -0.2) is 26.3 Å². The van der Waals surface area contributed by atoms with Gasteiger partial charge in [0.1, 0.15) is 5.75 Å². The third-order valence-electron chi connectivity index (χ3n) is 4.49. The van der Waals surface area contributed by atoms with Crippen LogP contribution in [0, 0.1) is 0 Å². The van der Waals surface area contributed by atoms with Crippen molar-refractivity contribution in [3.05, 3.63) is 51.9 Å². The van der Waals surface area contributed by atoms with E-state index in [1.807, 2.05) is 12.1 Å². The summed E-state index contributed by atoms with van der Waals surface area (Å²) in [6, 6.07) is 6.72. The number of ether oxygens (including phenoxy) is 1. The van der Waals surface area contributed by atoms with Gasteiger partial charge < -0.3 is 9.72 Å². The van der Waals surface area contributed by atoms with E-state index in [1.54, 1.807) is 39.3 Å². The molecule has 2 aromatic rings. The van der Waals surface area contributed by atoms with Gasteiger partial charge in [0.15, 0.2) is 0 Å². The van der Waals surface area contributed by atoms with Crippen LogP contribution in [0.2, 0.25) is 0 Å². The topological polar surface area (TPSA) is 88.3 Å². The quantitative estimate of drug-likeness (QED) is 0.789. The Bertz CT molecular complexity index is 972. The molecule has 148 valence electrons. The molecule has 2 N–H and O–H groups in total. The van der Waals surface area contributed by atoms with Crippen molar-refractivity contribution < 1.29 is 13.2 Å². The second-order valence-electron chi connectivity index (χ2n) is 7.55. The van der Waals surface area contributed by atoms with Crippen molar-refractivity contribution in [2.45, 2.75) is 46.1 Å². The summed E-state index contributed by atoms with van der Waals surface area (Å²) < 4.78 is 32.4. The molecule has 0 aliphatic carbocycles. The van der Waals surface area contributed by atoms with Crippen molar-refractivity contribution >= 4 is 10.0 Å². The summed E-state index contributed by atoms with van der Waals surface area (Å²) >= 11 is 0. The van der Waals surface area contributed by atoms with Gasteiger partial charge in [-0.05, 0) is 54.7 Å². The average Bonchev–Trinajstić information content (AvgIpc) is 2.60. The fourth-order valence-corrected chi connectivity index (χ4v) is 3.82. The molecule has 7 heteroatoms. The highest BCUT2D eigenvalue weighted by atomic mass is 32.2. The summed E-state index contributed by atoms with van der Waals surface area (Å²) in [6.45, 7) is 9.53. The van der Waals surface area contributed by atoms with Gasteiger partial charge in [0.25, 0.3) is 5.56 Å². The van der Waals surface area contributed by atoms with Crippen LogP contribution in [0.5, 0.6) is 5.75 Å². The first-order valence-electron chi connectivity index (χ1n) is 8.90. The fourth-order valence-electron chi connectivity index (χ4n) is 2.99. The maximum absolute atomic E-state index is 12.4. The molecule has 6 nitrogen and oxygen atoms in total. The van der Waals surface area contributed by atoms with Gasteiger partial charge in [0, 0.05) is 23.4 Å². The number of aromatic amines is 1. The summed E-state index contributed by atoms with van der Waals surface area (Å²) in [7, 11) is -1.82. The Balaban J connectivity index is 2.78. The van der Waals surface area contributed by atoms with Crippen molar-refractivity contribution in [3.8, 4) is 16.9 Å². The van der Waals surface area contributed by atoms with Crippen molar-refractivity contribution in [1.29, 1.82) is 0 Å². The van der Waals surface area contributed by atoms with Gasteiger partial charge in [-0.25, -0.2) is 13.1 Å². The second kappa shape index (κ2) is 7.86. The van der Waals surface area contributed by atoms with E-state index in [-0.39, 0.29) is 16.7 Å². The van der Waals surface area contributed by atoms with E-state index < -0.39 is 16.1 Å². The maximum atomic E-state index is 12.4. The molecule has 0 spiro atoms. The van der Waals surface area contributed by atoms with Gasteiger partial charge in [-0.15, -0.1) is 0 Å². The predicted octanol–water partition coefficient (Wildman–Crippen LogP) is 3.35. The van der Waals surface area contributed by atoms with E-state index in [1.165, 1.54) is 0 Å². The van der Waals surface area contributed by atoms with Gasteiger partial charge in [-0.3, -0.25) is 4.79 Å². The van der Waals surface area contributed by atoms with Gasteiger partial charge >= 0.3 is 0 Å². The Morgan fingerprint density at radius 1 is 1.22 bits per heavy atom. The SMILES string of the molecule is CCS(=O)(=O)NC(C)c1cc(OC)c(C(C)(C)C)cc1-c1ccc[nH]c1=O.